The van der Waals surface area contributed by atoms with Crippen molar-refractivity contribution in [2.75, 3.05) is 6.61 Å². The van der Waals surface area contributed by atoms with Gasteiger partial charge in [0, 0.05) is 6.42 Å². The molecule has 0 fully saturated rings. The topological polar surface area (TPSA) is 43.4 Å². The van der Waals surface area contributed by atoms with E-state index < -0.39 is 10.1 Å². The van der Waals surface area contributed by atoms with Crippen molar-refractivity contribution in [2.45, 2.75) is 102 Å². The van der Waals surface area contributed by atoms with Gasteiger partial charge in [-0.3, -0.25) is 4.18 Å². The average Bonchev–Trinajstić information content (AvgIpc) is 2.68. The fourth-order valence-electron chi connectivity index (χ4n) is 3.22. The van der Waals surface area contributed by atoms with Gasteiger partial charge in [0.1, 0.15) is 0 Å². The first-order chi connectivity index (χ1) is 13.6. The Morgan fingerprint density at radius 1 is 0.750 bits per heavy atom. The average molecular weight is 407 g/mol. The Morgan fingerprint density at radius 2 is 1.18 bits per heavy atom. The van der Waals surface area contributed by atoms with Crippen LogP contribution in [0.5, 0.6) is 0 Å². The van der Waals surface area contributed by atoms with Crippen LogP contribution in [0.2, 0.25) is 0 Å². The zero-order chi connectivity index (χ0) is 20.5. The lowest BCUT2D eigenvalue weighted by Crippen LogP contribution is -2.07. The van der Waals surface area contributed by atoms with E-state index in [4.69, 9.17) is 10.6 Å². The van der Waals surface area contributed by atoms with Crippen molar-refractivity contribution in [2.24, 2.45) is 0 Å². The number of unbranched alkanes of at least 4 members (excludes halogenated alkanes) is 13. The molecule has 0 aromatic heterocycles. The third-order valence-corrected chi connectivity index (χ3v) is 6.34. The van der Waals surface area contributed by atoms with Crippen LogP contribution in [0.4, 0.5) is 0 Å². The number of aryl methyl sites for hydroxylation is 1. The van der Waals surface area contributed by atoms with E-state index >= 15 is 0 Å². The minimum atomic E-state index is -3.61. The molecule has 1 aromatic carbocycles. The van der Waals surface area contributed by atoms with E-state index in [0.29, 0.717) is 0 Å². The fourth-order valence-corrected chi connectivity index (χ4v) is 4.16. The van der Waals surface area contributed by atoms with E-state index in [1.807, 2.05) is 6.92 Å². The van der Waals surface area contributed by atoms with Crippen LogP contribution in [0.1, 0.15) is 95.5 Å². The van der Waals surface area contributed by atoms with E-state index in [-0.39, 0.29) is 11.5 Å². The largest absolute Gasteiger partial charge is 0.296 e. The maximum atomic E-state index is 12.1. The van der Waals surface area contributed by atoms with Gasteiger partial charge in [-0.15, -0.1) is 12.3 Å². The second-order valence-electron chi connectivity index (χ2n) is 7.64. The highest BCUT2D eigenvalue weighted by Gasteiger charge is 2.14. The van der Waals surface area contributed by atoms with Gasteiger partial charge in [0.2, 0.25) is 0 Å². The van der Waals surface area contributed by atoms with Crippen molar-refractivity contribution in [1.82, 2.24) is 0 Å². The van der Waals surface area contributed by atoms with Gasteiger partial charge in [0.05, 0.1) is 11.5 Å². The molecule has 0 saturated carbocycles. The van der Waals surface area contributed by atoms with Gasteiger partial charge in [-0.25, -0.2) is 0 Å². The predicted molar refractivity (Wildman–Crippen MR) is 118 cm³/mol. The lowest BCUT2D eigenvalue weighted by molar-refractivity contribution is 0.306. The number of benzene rings is 1. The van der Waals surface area contributed by atoms with E-state index in [0.717, 1.165) is 31.2 Å². The van der Waals surface area contributed by atoms with E-state index in [2.05, 4.69) is 5.92 Å². The van der Waals surface area contributed by atoms with Gasteiger partial charge in [-0.05, 0) is 31.9 Å². The summed E-state index contributed by atoms with van der Waals surface area (Å²) in [6, 6.07) is 6.78. The molecule has 0 N–H and O–H groups in total. The first kappa shape index (κ1) is 24.7. The number of hydrogen-bond acceptors (Lipinski definition) is 3. The Labute approximate surface area is 173 Å². The third-order valence-electron chi connectivity index (χ3n) is 5.01. The predicted octanol–water partition coefficient (Wildman–Crippen LogP) is 6.79. The SMILES string of the molecule is C#CCCCCCCCCCCCCCCCOS(=O)(=O)c1ccc(C)cc1. The van der Waals surface area contributed by atoms with E-state index in [9.17, 15) is 8.42 Å². The normalized spacial score (nSPS) is 11.4. The number of hydrogen-bond donors (Lipinski definition) is 0. The van der Waals surface area contributed by atoms with Crippen molar-refractivity contribution in [3.63, 3.8) is 0 Å². The molecule has 0 atom stereocenters. The molecule has 0 aliphatic rings. The summed E-state index contributed by atoms with van der Waals surface area (Å²) in [6.07, 6.45) is 22.1. The molecule has 4 heteroatoms. The van der Waals surface area contributed by atoms with Gasteiger partial charge in [-0.2, -0.15) is 8.42 Å². The smallest absolute Gasteiger partial charge is 0.266 e. The minimum Gasteiger partial charge on any atom is -0.266 e. The molecular weight excluding hydrogens is 368 g/mol. The summed E-state index contributed by atoms with van der Waals surface area (Å²) < 4.78 is 29.3. The van der Waals surface area contributed by atoms with E-state index in [1.165, 1.54) is 64.2 Å². The summed E-state index contributed by atoms with van der Waals surface area (Å²) in [7, 11) is -3.61. The lowest BCUT2D eigenvalue weighted by Gasteiger charge is -2.06. The van der Waals surface area contributed by atoms with Crippen LogP contribution in [0.25, 0.3) is 0 Å². The van der Waals surface area contributed by atoms with Gasteiger partial charge in [0.15, 0.2) is 0 Å². The van der Waals surface area contributed by atoms with Crippen molar-refractivity contribution in [3.05, 3.63) is 29.8 Å². The maximum absolute atomic E-state index is 12.1. The molecule has 0 heterocycles. The Balaban J connectivity index is 1.89. The third kappa shape index (κ3) is 12.2. The Hall–Kier alpha value is -1.31. The van der Waals surface area contributed by atoms with Gasteiger partial charge < -0.3 is 0 Å². The summed E-state index contributed by atoms with van der Waals surface area (Å²) in [5.74, 6) is 2.70. The molecule has 28 heavy (non-hydrogen) atoms. The van der Waals surface area contributed by atoms with Crippen molar-refractivity contribution >= 4 is 10.1 Å². The Kier molecular flexibility index (Phi) is 13.8. The molecule has 0 amide bonds. The number of rotatable bonds is 17. The molecule has 0 unspecified atom stereocenters. The van der Waals surface area contributed by atoms with Gasteiger partial charge >= 0.3 is 0 Å². The monoisotopic (exact) mass is 406 g/mol. The van der Waals surface area contributed by atoms with Crippen LogP contribution in [-0.4, -0.2) is 15.0 Å². The summed E-state index contributed by atoms with van der Waals surface area (Å²) in [5.41, 5.74) is 1.04. The summed E-state index contributed by atoms with van der Waals surface area (Å²) >= 11 is 0. The molecule has 1 aromatic rings. The molecule has 0 aliphatic heterocycles. The zero-order valence-electron chi connectivity index (χ0n) is 17.6. The van der Waals surface area contributed by atoms with Crippen LogP contribution in [0.15, 0.2) is 29.2 Å². The highest BCUT2D eigenvalue weighted by atomic mass is 32.2. The Bertz CT molecular complexity index is 641. The first-order valence-electron chi connectivity index (χ1n) is 11.0. The molecule has 0 aliphatic carbocycles. The first-order valence-corrected chi connectivity index (χ1v) is 12.4. The minimum absolute atomic E-state index is 0.241. The zero-order valence-corrected chi connectivity index (χ0v) is 18.4. The van der Waals surface area contributed by atoms with E-state index in [1.54, 1.807) is 24.3 Å². The summed E-state index contributed by atoms with van der Waals surface area (Å²) in [4.78, 5) is 0.241. The highest BCUT2D eigenvalue weighted by Crippen LogP contribution is 2.15. The van der Waals surface area contributed by atoms with Crippen LogP contribution in [0, 0.1) is 19.3 Å². The van der Waals surface area contributed by atoms with Crippen LogP contribution in [-0.2, 0) is 14.3 Å². The standard InChI is InChI=1S/C24H38O3S/c1-3-4-5-6-7-8-9-10-11-12-13-14-15-16-17-22-27-28(25,26)24-20-18-23(2)19-21-24/h1,18-21H,4-17,22H2,2H3. The quantitative estimate of drug-likeness (QED) is 0.162. The molecule has 0 bridgehead atoms. The molecular formula is C24H38O3S. The van der Waals surface area contributed by atoms with Crippen molar-refractivity contribution in [3.8, 4) is 12.3 Å². The highest BCUT2D eigenvalue weighted by molar-refractivity contribution is 7.86. The Morgan fingerprint density at radius 3 is 1.64 bits per heavy atom. The van der Waals surface area contributed by atoms with Gasteiger partial charge in [0.25, 0.3) is 10.1 Å². The molecule has 0 saturated heterocycles. The van der Waals surface area contributed by atoms with Crippen LogP contribution >= 0.6 is 0 Å². The van der Waals surface area contributed by atoms with Crippen molar-refractivity contribution < 1.29 is 12.6 Å². The molecule has 0 radical (unpaired) electrons. The summed E-state index contributed by atoms with van der Waals surface area (Å²) in [5, 5.41) is 0. The lowest BCUT2D eigenvalue weighted by atomic mass is 10.0. The molecule has 1 rings (SSSR count). The molecule has 3 nitrogen and oxygen atoms in total. The van der Waals surface area contributed by atoms with Crippen LogP contribution < -0.4 is 0 Å². The molecule has 158 valence electrons. The van der Waals surface area contributed by atoms with Crippen LogP contribution in [0.3, 0.4) is 0 Å². The second-order valence-corrected chi connectivity index (χ2v) is 9.25. The maximum Gasteiger partial charge on any atom is 0.296 e. The fraction of sp³-hybridized carbons (Fsp3) is 0.667. The molecule has 0 spiro atoms. The van der Waals surface area contributed by atoms with Gasteiger partial charge in [-0.1, -0.05) is 88.3 Å². The van der Waals surface area contributed by atoms with Crippen molar-refractivity contribution in [1.29, 1.82) is 0 Å². The second kappa shape index (κ2) is 15.6. The summed E-state index contributed by atoms with van der Waals surface area (Å²) in [6.45, 7) is 2.21. The number of terminal acetylenes is 1.